The number of ether oxygens (including phenoxy) is 1. The molecule has 0 aliphatic carbocycles. The van der Waals surface area contributed by atoms with Crippen LogP contribution < -0.4 is 5.73 Å². The van der Waals surface area contributed by atoms with Crippen molar-refractivity contribution in [1.82, 2.24) is 14.8 Å². The predicted octanol–water partition coefficient (Wildman–Crippen LogP) is -0.864. The quantitative estimate of drug-likeness (QED) is 0.571. The lowest BCUT2D eigenvalue weighted by Gasteiger charge is -2.21. The molecule has 5 heteroatoms. The van der Waals surface area contributed by atoms with Gasteiger partial charge in [-0.15, -0.1) is 0 Å². The Bertz CT molecular complexity index is 246. The second-order valence-corrected chi connectivity index (χ2v) is 2.53. The van der Waals surface area contributed by atoms with Crippen LogP contribution in [0.2, 0.25) is 0 Å². The predicted molar refractivity (Wildman–Crippen MR) is 37.7 cm³/mol. The largest absolute Gasteiger partial charge is 0.367 e. The number of nitrogens with two attached hydrogens (primary N) is 1. The molecule has 1 atom stereocenters. The van der Waals surface area contributed by atoms with Crippen LogP contribution in [0, 0.1) is 0 Å². The summed E-state index contributed by atoms with van der Waals surface area (Å²) in [7, 11) is 0. The summed E-state index contributed by atoms with van der Waals surface area (Å²) < 4.78 is 7.20. The lowest BCUT2D eigenvalue weighted by atomic mass is 10.3. The van der Waals surface area contributed by atoms with Gasteiger partial charge in [0, 0.05) is 6.54 Å². The van der Waals surface area contributed by atoms with Gasteiger partial charge in [0.1, 0.15) is 12.9 Å². The summed E-state index contributed by atoms with van der Waals surface area (Å²) in [6.45, 7) is 1.80. The molecule has 0 saturated heterocycles. The Labute approximate surface area is 64.2 Å². The highest BCUT2D eigenvalue weighted by Gasteiger charge is 2.18. The molecule has 0 fully saturated rings. The van der Waals surface area contributed by atoms with E-state index >= 15 is 0 Å². The van der Waals surface area contributed by atoms with Crippen molar-refractivity contribution < 1.29 is 4.74 Å². The van der Waals surface area contributed by atoms with Crippen molar-refractivity contribution in [3.63, 3.8) is 0 Å². The van der Waals surface area contributed by atoms with Gasteiger partial charge in [0.2, 0.25) is 0 Å². The summed E-state index contributed by atoms with van der Waals surface area (Å²) >= 11 is 0. The molecule has 11 heavy (non-hydrogen) atoms. The molecule has 0 aromatic carbocycles. The van der Waals surface area contributed by atoms with E-state index in [1.165, 1.54) is 6.33 Å². The molecule has 2 rings (SSSR count). The van der Waals surface area contributed by atoms with Gasteiger partial charge in [-0.05, 0) is 0 Å². The Kier molecular flexibility index (Phi) is 1.59. The first kappa shape index (κ1) is 6.75. The molecule has 0 radical (unpaired) electrons. The van der Waals surface area contributed by atoms with Crippen LogP contribution in [-0.2, 0) is 17.9 Å². The molecular formula is C6H10N4O. The number of hydrogen-bond donors (Lipinski definition) is 1. The van der Waals surface area contributed by atoms with E-state index in [0.717, 1.165) is 12.4 Å². The van der Waals surface area contributed by atoms with E-state index in [1.54, 1.807) is 0 Å². The molecule has 0 spiro atoms. The van der Waals surface area contributed by atoms with E-state index in [1.807, 2.05) is 4.68 Å². The summed E-state index contributed by atoms with van der Waals surface area (Å²) in [5.74, 6) is 0.884. The maximum Gasteiger partial charge on any atom is 0.152 e. The number of nitrogens with zero attached hydrogens (tertiary/aromatic N) is 3. The average Bonchev–Trinajstić information content (AvgIpc) is 2.50. The highest BCUT2D eigenvalue weighted by Crippen LogP contribution is 2.08. The van der Waals surface area contributed by atoms with Gasteiger partial charge in [-0.3, -0.25) is 0 Å². The van der Waals surface area contributed by atoms with Crippen molar-refractivity contribution in [2.45, 2.75) is 19.3 Å². The molecule has 1 unspecified atom stereocenters. The van der Waals surface area contributed by atoms with Crippen LogP contribution in [0.25, 0.3) is 0 Å². The minimum Gasteiger partial charge on any atom is -0.367 e. The average molecular weight is 154 g/mol. The van der Waals surface area contributed by atoms with Gasteiger partial charge in [0.05, 0.1) is 12.6 Å². The normalized spacial score (nSPS) is 23.2. The third-order valence-corrected chi connectivity index (χ3v) is 1.78. The van der Waals surface area contributed by atoms with Gasteiger partial charge in [-0.2, -0.15) is 5.10 Å². The fraction of sp³-hybridized carbons (Fsp3) is 0.667. The lowest BCUT2D eigenvalue weighted by Crippen LogP contribution is -2.33. The van der Waals surface area contributed by atoms with E-state index in [4.69, 9.17) is 10.5 Å². The van der Waals surface area contributed by atoms with Gasteiger partial charge in [0.15, 0.2) is 5.82 Å². The number of aromatic nitrogens is 3. The van der Waals surface area contributed by atoms with Gasteiger partial charge in [-0.1, -0.05) is 0 Å². The topological polar surface area (TPSA) is 66.0 Å². The Balaban J connectivity index is 2.18. The highest BCUT2D eigenvalue weighted by atomic mass is 16.5. The molecule has 2 heterocycles. The molecule has 60 valence electrons. The van der Waals surface area contributed by atoms with Crippen molar-refractivity contribution in [3.8, 4) is 0 Å². The fourth-order valence-electron chi connectivity index (χ4n) is 1.13. The molecule has 0 amide bonds. The van der Waals surface area contributed by atoms with E-state index in [9.17, 15) is 0 Å². The second kappa shape index (κ2) is 2.60. The van der Waals surface area contributed by atoms with Crippen molar-refractivity contribution in [3.05, 3.63) is 12.2 Å². The molecule has 5 nitrogen and oxygen atoms in total. The summed E-state index contributed by atoms with van der Waals surface area (Å²) in [5, 5.41) is 4.02. The maximum atomic E-state index is 5.44. The molecule has 1 aromatic heterocycles. The van der Waals surface area contributed by atoms with Gasteiger partial charge in [0.25, 0.3) is 0 Å². The van der Waals surface area contributed by atoms with E-state index < -0.39 is 0 Å². The van der Waals surface area contributed by atoms with Crippen molar-refractivity contribution >= 4 is 0 Å². The van der Waals surface area contributed by atoms with Crippen LogP contribution in [0.5, 0.6) is 0 Å². The molecule has 0 saturated carbocycles. The Morgan fingerprint density at radius 3 is 3.55 bits per heavy atom. The van der Waals surface area contributed by atoms with E-state index in [2.05, 4.69) is 10.1 Å². The summed E-state index contributed by atoms with van der Waals surface area (Å²) in [6.07, 6.45) is 1.64. The first-order valence-corrected chi connectivity index (χ1v) is 3.58. The van der Waals surface area contributed by atoms with Crippen LogP contribution in [-0.4, -0.2) is 27.4 Å². The first-order valence-electron chi connectivity index (χ1n) is 3.58. The summed E-state index contributed by atoms with van der Waals surface area (Å²) in [6, 6.07) is 0. The van der Waals surface area contributed by atoms with Crippen molar-refractivity contribution in [2.24, 2.45) is 5.73 Å². The first-order chi connectivity index (χ1) is 5.40. The number of fused-ring (bicyclic) bond motifs is 1. The zero-order valence-corrected chi connectivity index (χ0v) is 6.10. The molecular weight excluding hydrogens is 144 g/mol. The zero-order chi connectivity index (χ0) is 7.68. The molecule has 1 aromatic rings. The summed E-state index contributed by atoms with van der Waals surface area (Å²) in [4.78, 5) is 4.01. The Morgan fingerprint density at radius 2 is 2.73 bits per heavy atom. The monoisotopic (exact) mass is 154 g/mol. The Morgan fingerprint density at radius 1 is 1.82 bits per heavy atom. The number of rotatable bonds is 1. The van der Waals surface area contributed by atoms with Crippen LogP contribution in [0.3, 0.4) is 0 Å². The van der Waals surface area contributed by atoms with Crippen LogP contribution in [0.4, 0.5) is 0 Å². The van der Waals surface area contributed by atoms with Gasteiger partial charge >= 0.3 is 0 Å². The van der Waals surface area contributed by atoms with Crippen molar-refractivity contribution in [1.29, 1.82) is 0 Å². The summed E-state index contributed by atoms with van der Waals surface area (Å²) in [5.41, 5.74) is 5.44. The molecule has 2 N–H and O–H groups in total. The maximum absolute atomic E-state index is 5.44. The zero-order valence-electron chi connectivity index (χ0n) is 6.10. The van der Waals surface area contributed by atoms with Crippen LogP contribution in [0.1, 0.15) is 5.82 Å². The SMILES string of the molecule is NCC1Cn2ncnc2CO1. The lowest BCUT2D eigenvalue weighted by molar-refractivity contribution is 0.00395. The minimum atomic E-state index is 0.101. The molecule has 1 aliphatic rings. The number of hydrogen-bond acceptors (Lipinski definition) is 4. The molecule has 1 aliphatic heterocycles. The Hall–Kier alpha value is -0.940. The van der Waals surface area contributed by atoms with Gasteiger partial charge < -0.3 is 10.5 Å². The fourth-order valence-corrected chi connectivity index (χ4v) is 1.13. The third-order valence-electron chi connectivity index (χ3n) is 1.78. The second-order valence-electron chi connectivity index (χ2n) is 2.53. The third kappa shape index (κ3) is 1.12. The highest BCUT2D eigenvalue weighted by molar-refractivity contribution is 4.86. The van der Waals surface area contributed by atoms with Crippen LogP contribution >= 0.6 is 0 Å². The standard InChI is InChI=1S/C6H10N4O/c7-1-5-2-10-6(3-11-5)8-4-9-10/h4-5H,1-3,7H2. The minimum absolute atomic E-state index is 0.101. The molecule has 0 bridgehead atoms. The van der Waals surface area contributed by atoms with Crippen LogP contribution in [0.15, 0.2) is 6.33 Å². The van der Waals surface area contributed by atoms with E-state index in [0.29, 0.717) is 13.2 Å². The van der Waals surface area contributed by atoms with Gasteiger partial charge in [-0.25, -0.2) is 9.67 Å². The van der Waals surface area contributed by atoms with E-state index in [-0.39, 0.29) is 6.10 Å². The smallest absolute Gasteiger partial charge is 0.152 e. The van der Waals surface area contributed by atoms with Crippen molar-refractivity contribution in [2.75, 3.05) is 6.54 Å².